The van der Waals surface area contributed by atoms with E-state index in [0.717, 1.165) is 12.2 Å². The Hall–Kier alpha value is -1.57. The molecule has 0 saturated carbocycles. The summed E-state index contributed by atoms with van der Waals surface area (Å²) in [7, 11) is 0. The van der Waals surface area contributed by atoms with Gasteiger partial charge in [-0.1, -0.05) is 38.5 Å². The van der Waals surface area contributed by atoms with E-state index in [-0.39, 0.29) is 0 Å². The number of nitrogens with one attached hydrogen (secondary N) is 1. The molecule has 0 aliphatic rings. The standard InChI is InChI=1S/C11H16.C5H8N2/c1-4-6-11-8-5-7-9(2)10(11)3;1-2-5-6-3-4-7-5/h5,7-8H,4,6H2,1-3H3;3-4H,2H2,1H3,(H,6,7). The lowest BCUT2D eigenvalue weighted by Crippen LogP contribution is -1.90. The lowest BCUT2D eigenvalue weighted by atomic mass is 10.0. The van der Waals surface area contributed by atoms with Gasteiger partial charge in [0.25, 0.3) is 0 Å². The molecule has 0 bridgehead atoms. The number of aromatic nitrogens is 2. The molecule has 0 radical (unpaired) electrons. The third-order valence-electron chi connectivity index (χ3n) is 3.13. The van der Waals surface area contributed by atoms with Gasteiger partial charge in [-0.15, -0.1) is 0 Å². The number of rotatable bonds is 3. The minimum Gasteiger partial charge on any atom is -0.349 e. The van der Waals surface area contributed by atoms with Gasteiger partial charge in [-0.05, 0) is 37.0 Å². The van der Waals surface area contributed by atoms with Crippen molar-refractivity contribution < 1.29 is 0 Å². The third-order valence-corrected chi connectivity index (χ3v) is 3.13. The average Bonchev–Trinajstić information content (AvgIpc) is 2.89. The van der Waals surface area contributed by atoms with Crippen molar-refractivity contribution in [2.24, 2.45) is 0 Å². The molecule has 1 aromatic heterocycles. The van der Waals surface area contributed by atoms with Crippen LogP contribution in [-0.4, -0.2) is 9.97 Å². The molecule has 18 heavy (non-hydrogen) atoms. The van der Waals surface area contributed by atoms with Gasteiger partial charge in [-0.2, -0.15) is 0 Å². The van der Waals surface area contributed by atoms with Gasteiger partial charge in [0.05, 0.1) is 0 Å². The van der Waals surface area contributed by atoms with Crippen molar-refractivity contribution >= 4 is 0 Å². The SMILES string of the molecule is CCCc1cccc(C)c1C.CCc1ncc[nH]1. The van der Waals surface area contributed by atoms with Crippen molar-refractivity contribution in [3.05, 3.63) is 53.1 Å². The molecule has 0 spiro atoms. The van der Waals surface area contributed by atoms with E-state index in [2.05, 4.69) is 55.9 Å². The summed E-state index contributed by atoms with van der Waals surface area (Å²) in [5.41, 5.74) is 4.39. The Morgan fingerprint density at radius 3 is 2.44 bits per heavy atom. The summed E-state index contributed by atoms with van der Waals surface area (Å²) in [6, 6.07) is 6.55. The maximum absolute atomic E-state index is 3.98. The highest BCUT2D eigenvalue weighted by molar-refractivity contribution is 5.32. The fourth-order valence-corrected chi connectivity index (χ4v) is 1.84. The van der Waals surface area contributed by atoms with Gasteiger partial charge < -0.3 is 4.98 Å². The van der Waals surface area contributed by atoms with Crippen LogP contribution in [0.15, 0.2) is 30.6 Å². The number of benzene rings is 1. The van der Waals surface area contributed by atoms with Crippen LogP contribution in [0.1, 0.15) is 42.8 Å². The number of imidazole rings is 1. The first-order valence-electron chi connectivity index (χ1n) is 6.72. The van der Waals surface area contributed by atoms with Crippen LogP contribution in [0, 0.1) is 13.8 Å². The van der Waals surface area contributed by atoms with Gasteiger partial charge >= 0.3 is 0 Å². The first kappa shape index (κ1) is 14.5. The smallest absolute Gasteiger partial charge is 0.105 e. The first-order valence-corrected chi connectivity index (χ1v) is 6.72. The van der Waals surface area contributed by atoms with Gasteiger partial charge in [0, 0.05) is 18.8 Å². The number of hydrogen-bond acceptors (Lipinski definition) is 1. The Labute approximate surface area is 110 Å². The molecule has 2 nitrogen and oxygen atoms in total. The molecule has 1 N–H and O–H groups in total. The fraction of sp³-hybridized carbons (Fsp3) is 0.438. The van der Waals surface area contributed by atoms with E-state index in [0.29, 0.717) is 0 Å². The highest BCUT2D eigenvalue weighted by atomic mass is 14.9. The van der Waals surface area contributed by atoms with Crippen LogP contribution in [0.3, 0.4) is 0 Å². The summed E-state index contributed by atoms with van der Waals surface area (Å²) >= 11 is 0. The Morgan fingerprint density at radius 2 is 1.94 bits per heavy atom. The molecule has 1 heterocycles. The van der Waals surface area contributed by atoms with Crippen molar-refractivity contribution in [3.8, 4) is 0 Å². The zero-order valence-electron chi connectivity index (χ0n) is 12.0. The van der Waals surface area contributed by atoms with Gasteiger partial charge in [0.15, 0.2) is 0 Å². The second-order valence-electron chi connectivity index (χ2n) is 4.50. The predicted octanol–water partition coefficient (Wildman–Crippen LogP) is 4.23. The molecule has 2 rings (SSSR count). The van der Waals surface area contributed by atoms with E-state index in [9.17, 15) is 0 Å². The lowest BCUT2D eigenvalue weighted by molar-refractivity contribution is 0.910. The van der Waals surface area contributed by atoms with E-state index in [4.69, 9.17) is 0 Å². The summed E-state index contributed by atoms with van der Waals surface area (Å²) in [6.07, 6.45) is 7.04. The summed E-state index contributed by atoms with van der Waals surface area (Å²) in [4.78, 5) is 6.95. The molecule has 0 atom stereocenters. The molecule has 98 valence electrons. The average molecular weight is 244 g/mol. The van der Waals surface area contributed by atoms with Gasteiger partial charge in [-0.25, -0.2) is 4.98 Å². The largest absolute Gasteiger partial charge is 0.349 e. The zero-order valence-corrected chi connectivity index (χ0v) is 12.0. The van der Waals surface area contributed by atoms with Crippen LogP contribution in [0.4, 0.5) is 0 Å². The third kappa shape index (κ3) is 4.36. The molecule has 2 heteroatoms. The molecule has 0 unspecified atom stereocenters. The molecule has 0 fully saturated rings. The van der Waals surface area contributed by atoms with E-state index in [1.807, 2.05) is 6.20 Å². The van der Waals surface area contributed by atoms with Crippen LogP contribution in [0.25, 0.3) is 0 Å². The van der Waals surface area contributed by atoms with E-state index < -0.39 is 0 Å². The summed E-state index contributed by atoms with van der Waals surface area (Å²) in [5.74, 6) is 1.06. The summed E-state index contributed by atoms with van der Waals surface area (Å²) in [5, 5.41) is 0. The number of aryl methyl sites for hydroxylation is 3. The van der Waals surface area contributed by atoms with Crippen molar-refractivity contribution in [2.45, 2.75) is 47.0 Å². The fourth-order valence-electron chi connectivity index (χ4n) is 1.84. The topological polar surface area (TPSA) is 28.7 Å². The van der Waals surface area contributed by atoms with Gasteiger partial charge in [0.1, 0.15) is 5.82 Å². The number of H-pyrrole nitrogens is 1. The molecular formula is C16H24N2. The van der Waals surface area contributed by atoms with Crippen molar-refractivity contribution in [1.29, 1.82) is 0 Å². The molecule has 2 aromatic rings. The van der Waals surface area contributed by atoms with Crippen LogP contribution < -0.4 is 0 Å². The van der Waals surface area contributed by atoms with E-state index in [1.54, 1.807) is 6.20 Å². The Bertz CT molecular complexity index is 444. The Balaban J connectivity index is 0.000000199. The highest BCUT2D eigenvalue weighted by Gasteiger charge is 1.97. The van der Waals surface area contributed by atoms with Crippen molar-refractivity contribution in [2.75, 3.05) is 0 Å². The van der Waals surface area contributed by atoms with Gasteiger partial charge in [-0.3, -0.25) is 0 Å². The van der Waals surface area contributed by atoms with Crippen LogP contribution in [0.5, 0.6) is 0 Å². The number of hydrogen-bond donors (Lipinski definition) is 1. The normalized spacial score (nSPS) is 9.78. The molecule has 0 aliphatic heterocycles. The maximum Gasteiger partial charge on any atom is 0.105 e. The van der Waals surface area contributed by atoms with Crippen LogP contribution >= 0.6 is 0 Å². The second-order valence-corrected chi connectivity index (χ2v) is 4.50. The first-order chi connectivity index (χ1) is 8.69. The van der Waals surface area contributed by atoms with Gasteiger partial charge in [0.2, 0.25) is 0 Å². The van der Waals surface area contributed by atoms with E-state index >= 15 is 0 Å². The molecule has 0 saturated heterocycles. The second kappa shape index (κ2) is 7.70. The highest BCUT2D eigenvalue weighted by Crippen LogP contribution is 2.13. The number of nitrogens with zero attached hydrogens (tertiary/aromatic N) is 1. The molecule has 1 aromatic carbocycles. The van der Waals surface area contributed by atoms with Crippen LogP contribution in [-0.2, 0) is 12.8 Å². The number of aromatic amines is 1. The Kier molecular flexibility index (Phi) is 6.20. The maximum atomic E-state index is 3.98. The van der Waals surface area contributed by atoms with Crippen molar-refractivity contribution in [1.82, 2.24) is 9.97 Å². The minimum absolute atomic E-state index is 0.993. The monoisotopic (exact) mass is 244 g/mol. The quantitative estimate of drug-likeness (QED) is 0.860. The molecule has 0 aliphatic carbocycles. The minimum atomic E-state index is 0.993. The molecular weight excluding hydrogens is 220 g/mol. The zero-order chi connectivity index (χ0) is 13.4. The van der Waals surface area contributed by atoms with E-state index in [1.165, 1.54) is 29.5 Å². The summed E-state index contributed by atoms with van der Waals surface area (Å²) in [6.45, 7) is 8.68. The van der Waals surface area contributed by atoms with Crippen LogP contribution in [0.2, 0.25) is 0 Å². The summed E-state index contributed by atoms with van der Waals surface area (Å²) < 4.78 is 0. The van der Waals surface area contributed by atoms with Crippen molar-refractivity contribution in [3.63, 3.8) is 0 Å². The molecule has 0 amide bonds. The predicted molar refractivity (Wildman–Crippen MR) is 77.9 cm³/mol. The lowest BCUT2D eigenvalue weighted by Gasteiger charge is -2.05. The Morgan fingerprint density at radius 1 is 1.17 bits per heavy atom.